The van der Waals surface area contributed by atoms with Crippen LogP contribution in [-0.2, 0) is 0 Å². The van der Waals surface area contributed by atoms with E-state index >= 15 is 0 Å². The van der Waals surface area contributed by atoms with E-state index in [1.54, 1.807) is 0 Å². The van der Waals surface area contributed by atoms with Crippen molar-refractivity contribution in [3.8, 4) is 0 Å². The van der Waals surface area contributed by atoms with Gasteiger partial charge in [-0.25, -0.2) is 0 Å². The first-order valence-electron chi connectivity index (χ1n) is 7.64. The Labute approximate surface area is 116 Å². The summed E-state index contributed by atoms with van der Waals surface area (Å²) in [4.78, 5) is 5.18. The summed E-state index contributed by atoms with van der Waals surface area (Å²) in [6.45, 7) is 4.69. The fraction of sp³-hybridized carbons (Fsp3) is 0.625. The maximum Gasteiger partial charge on any atom is 0.0303 e. The molecular formula is C16H25N3. The smallest absolute Gasteiger partial charge is 0.0303 e. The molecule has 0 bridgehead atoms. The van der Waals surface area contributed by atoms with E-state index in [9.17, 15) is 0 Å². The summed E-state index contributed by atoms with van der Waals surface area (Å²) < 4.78 is 0. The number of nitrogens with zero attached hydrogens (tertiary/aromatic N) is 2. The van der Waals surface area contributed by atoms with Gasteiger partial charge in [-0.1, -0.05) is 12.2 Å². The molecule has 2 aliphatic carbocycles. The molecule has 1 atom stereocenters. The lowest BCUT2D eigenvalue weighted by Gasteiger charge is -2.41. The number of hydrogen-bond donors (Lipinski definition) is 1. The fourth-order valence-corrected chi connectivity index (χ4v) is 3.41. The minimum absolute atomic E-state index is 0.594. The summed E-state index contributed by atoms with van der Waals surface area (Å²) in [7, 11) is 0. The van der Waals surface area contributed by atoms with Gasteiger partial charge in [0.05, 0.1) is 0 Å². The monoisotopic (exact) mass is 259 g/mol. The highest BCUT2D eigenvalue weighted by atomic mass is 15.3. The minimum atomic E-state index is 0.594. The molecule has 0 radical (unpaired) electrons. The van der Waals surface area contributed by atoms with E-state index in [1.807, 2.05) is 0 Å². The standard InChI is InChI=1S/C16H25N3/c17-14-5-4-8-16(13-14)19-11-9-18(10-12-19)15-6-2-1-3-7-15/h1-2,6,13,16H,3-5,7-12,17H2. The number of rotatable bonds is 2. The van der Waals surface area contributed by atoms with E-state index in [0.717, 1.165) is 12.1 Å². The zero-order valence-corrected chi connectivity index (χ0v) is 11.7. The van der Waals surface area contributed by atoms with Crippen molar-refractivity contribution in [2.45, 2.75) is 38.1 Å². The zero-order valence-electron chi connectivity index (χ0n) is 11.7. The highest BCUT2D eigenvalue weighted by molar-refractivity contribution is 5.17. The summed E-state index contributed by atoms with van der Waals surface area (Å²) in [6, 6.07) is 0.594. The van der Waals surface area contributed by atoms with Crippen molar-refractivity contribution in [3.63, 3.8) is 0 Å². The van der Waals surface area contributed by atoms with Crippen molar-refractivity contribution in [2.24, 2.45) is 5.73 Å². The Hall–Kier alpha value is -1.22. The maximum atomic E-state index is 5.98. The first kappa shape index (κ1) is 12.8. The quantitative estimate of drug-likeness (QED) is 0.825. The van der Waals surface area contributed by atoms with Crippen LogP contribution in [0.4, 0.5) is 0 Å². The molecule has 2 N–H and O–H groups in total. The Bertz CT molecular complexity index is 400. The van der Waals surface area contributed by atoms with Crippen LogP contribution in [0, 0.1) is 0 Å². The predicted octanol–water partition coefficient (Wildman–Crippen LogP) is 2.23. The fourth-order valence-electron chi connectivity index (χ4n) is 3.41. The minimum Gasteiger partial charge on any atom is -0.402 e. The Balaban J connectivity index is 1.56. The lowest BCUT2D eigenvalue weighted by molar-refractivity contribution is 0.124. The van der Waals surface area contributed by atoms with E-state index in [-0.39, 0.29) is 0 Å². The van der Waals surface area contributed by atoms with Crippen molar-refractivity contribution in [1.29, 1.82) is 0 Å². The largest absolute Gasteiger partial charge is 0.402 e. The first-order valence-corrected chi connectivity index (χ1v) is 7.64. The topological polar surface area (TPSA) is 32.5 Å². The lowest BCUT2D eigenvalue weighted by atomic mass is 9.98. The van der Waals surface area contributed by atoms with Crippen LogP contribution >= 0.6 is 0 Å². The average Bonchev–Trinajstić information content (AvgIpc) is 2.48. The van der Waals surface area contributed by atoms with Crippen molar-refractivity contribution < 1.29 is 0 Å². The molecule has 3 aliphatic rings. The van der Waals surface area contributed by atoms with Gasteiger partial charge >= 0.3 is 0 Å². The van der Waals surface area contributed by atoms with Gasteiger partial charge in [0.25, 0.3) is 0 Å². The molecule has 0 aromatic rings. The van der Waals surface area contributed by atoms with Gasteiger partial charge in [-0.15, -0.1) is 0 Å². The van der Waals surface area contributed by atoms with E-state index in [1.165, 1.54) is 57.6 Å². The van der Waals surface area contributed by atoms with Gasteiger partial charge in [-0.05, 0) is 44.3 Å². The molecule has 1 aliphatic heterocycles. The predicted molar refractivity (Wildman–Crippen MR) is 79.5 cm³/mol. The second-order valence-corrected chi connectivity index (χ2v) is 5.85. The molecule has 104 valence electrons. The van der Waals surface area contributed by atoms with E-state index in [4.69, 9.17) is 5.73 Å². The average molecular weight is 259 g/mol. The summed E-state index contributed by atoms with van der Waals surface area (Å²) in [5.74, 6) is 0. The van der Waals surface area contributed by atoms with Crippen LogP contribution in [-0.4, -0.2) is 42.0 Å². The first-order chi connectivity index (χ1) is 9.33. The van der Waals surface area contributed by atoms with Crippen LogP contribution in [0.5, 0.6) is 0 Å². The van der Waals surface area contributed by atoms with Crippen LogP contribution in [0.2, 0.25) is 0 Å². The third kappa shape index (κ3) is 3.03. The number of piperazine rings is 1. The third-order valence-corrected chi connectivity index (χ3v) is 4.55. The Kier molecular flexibility index (Phi) is 3.92. The molecule has 0 aromatic carbocycles. The molecule has 1 heterocycles. The number of nitrogens with two attached hydrogens (primary N) is 1. The summed E-state index contributed by atoms with van der Waals surface area (Å²) >= 11 is 0. The van der Waals surface area contributed by atoms with Crippen LogP contribution in [0.15, 0.2) is 35.7 Å². The Morgan fingerprint density at radius 2 is 1.95 bits per heavy atom. The molecule has 3 nitrogen and oxygen atoms in total. The van der Waals surface area contributed by atoms with Gasteiger partial charge in [0.2, 0.25) is 0 Å². The van der Waals surface area contributed by atoms with Gasteiger partial charge < -0.3 is 10.6 Å². The number of allylic oxidation sites excluding steroid dienone is 5. The molecule has 1 unspecified atom stereocenters. The van der Waals surface area contributed by atoms with Gasteiger partial charge in [0, 0.05) is 43.6 Å². The van der Waals surface area contributed by atoms with Crippen molar-refractivity contribution in [2.75, 3.05) is 26.2 Å². The van der Waals surface area contributed by atoms with Crippen LogP contribution in [0.1, 0.15) is 32.1 Å². The van der Waals surface area contributed by atoms with Gasteiger partial charge in [-0.2, -0.15) is 0 Å². The second kappa shape index (κ2) is 5.83. The Morgan fingerprint density at radius 1 is 1.11 bits per heavy atom. The van der Waals surface area contributed by atoms with Crippen molar-refractivity contribution in [3.05, 3.63) is 35.7 Å². The normalized spacial score (nSPS) is 29.1. The maximum absolute atomic E-state index is 5.98. The highest BCUT2D eigenvalue weighted by Crippen LogP contribution is 2.23. The van der Waals surface area contributed by atoms with Crippen molar-refractivity contribution in [1.82, 2.24) is 9.80 Å². The molecule has 0 aromatic heterocycles. The number of hydrogen-bond acceptors (Lipinski definition) is 3. The van der Waals surface area contributed by atoms with Crippen LogP contribution < -0.4 is 5.73 Å². The second-order valence-electron chi connectivity index (χ2n) is 5.85. The molecule has 0 spiro atoms. The third-order valence-electron chi connectivity index (χ3n) is 4.55. The zero-order chi connectivity index (χ0) is 13.1. The van der Waals surface area contributed by atoms with Crippen LogP contribution in [0.3, 0.4) is 0 Å². The molecule has 19 heavy (non-hydrogen) atoms. The molecular weight excluding hydrogens is 234 g/mol. The van der Waals surface area contributed by atoms with E-state index < -0.39 is 0 Å². The van der Waals surface area contributed by atoms with E-state index in [0.29, 0.717) is 6.04 Å². The van der Waals surface area contributed by atoms with Crippen LogP contribution in [0.25, 0.3) is 0 Å². The molecule has 1 fully saturated rings. The molecule has 0 amide bonds. The summed E-state index contributed by atoms with van der Waals surface area (Å²) in [6.07, 6.45) is 15.1. The van der Waals surface area contributed by atoms with Crippen molar-refractivity contribution >= 4 is 0 Å². The molecule has 3 rings (SSSR count). The molecule has 0 saturated carbocycles. The van der Waals surface area contributed by atoms with E-state index in [2.05, 4.69) is 34.1 Å². The van der Waals surface area contributed by atoms with Gasteiger partial charge in [-0.3, -0.25) is 4.90 Å². The lowest BCUT2D eigenvalue weighted by Crippen LogP contribution is -2.50. The molecule has 3 heteroatoms. The Morgan fingerprint density at radius 3 is 2.63 bits per heavy atom. The molecule has 1 saturated heterocycles. The summed E-state index contributed by atoms with van der Waals surface area (Å²) in [5, 5.41) is 0. The van der Waals surface area contributed by atoms with Gasteiger partial charge in [0.15, 0.2) is 0 Å². The van der Waals surface area contributed by atoms with Gasteiger partial charge in [0.1, 0.15) is 0 Å². The summed E-state index contributed by atoms with van der Waals surface area (Å²) in [5.41, 5.74) is 8.61. The highest BCUT2D eigenvalue weighted by Gasteiger charge is 2.25. The SMILES string of the molecule is NC1=CC(N2CCN(C3=CC=CCC3)CC2)CCC1.